The van der Waals surface area contributed by atoms with E-state index in [-0.39, 0.29) is 17.7 Å². The van der Waals surface area contributed by atoms with Crippen LogP contribution in [-0.2, 0) is 17.9 Å². The summed E-state index contributed by atoms with van der Waals surface area (Å²) in [6.45, 7) is 0.487. The third-order valence-electron chi connectivity index (χ3n) is 4.97. The number of halogens is 3. The Labute approximate surface area is 219 Å². The number of thioether (sulfide) groups is 1. The predicted molar refractivity (Wildman–Crippen MR) is 139 cm³/mol. The molecule has 0 radical (unpaired) electrons. The van der Waals surface area contributed by atoms with Gasteiger partial charge in [-0.15, -0.1) is 0 Å². The van der Waals surface area contributed by atoms with Crippen LogP contribution in [0.5, 0.6) is 11.5 Å². The molecule has 0 aliphatic carbocycles. The highest BCUT2D eigenvalue weighted by Gasteiger charge is 2.35. The third kappa shape index (κ3) is 5.61. The van der Waals surface area contributed by atoms with E-state index in [2.05, 4.69) is 15.9 Å². The van der Waals surface area contributed by atoms with Crippen molar-refractivity contribution in [2.75, 3.05) is 7.11 Å². The number of ether oxygens (including phenoxy) is 2. The normalized spacial score (nSPS) is 14.7. The van der Waals surface area contributed by atoms with Gasteiger partial charge in [-0.3, -0.25) is 14.5 Å². The van der Waals surface area contributed by atoms with E-state index in [4.69, 9.17) is 32.7 Å². The van der Waals surface area contributed by atoms with Crippen LogP contribution >= 0.6 is 50.9 Å². The fourth-order valence-corrected chi connectivity index (χ4v) is 5.03. The largest absolute Gasteiger partial charge is 0.493 e. The number of hydrogen-bond donors (Lipinski definition) is 0. The van der Waals surface area contributed by atoms with Crippen LogP contribution in [0.1, 0.15) is 16.7 Å². The summed E-state index contributed by atoms with van der Waals surface area (Å²) >= 11 is 16.4. The fourth-order valence-electron chi connectivity index (χ4n) is 3.30. The summed E-state index contributed by atoms with van der Waals surface area (Å²) in [5.74, 6) is 0.684. The Morgan fingerprint density at radius 1 is 1.00 bits per heavy atom. The summed E-state index contributed by atoms with van der Waals surface area (Å²) in [4.78, 5) is 26.9. The van der Waals surface area contributed by atoms with Crippen LogP contribution in [0.3, 0.4) is 0 Å². The van der Waals surface area contributed by atoms with Gasteiger partial charge in [-0.25, -0.2) is 0 Å². The highest BCUT2D eigenvalue weighted by molar-refractivity contribution is 9.10. The number of benzene rings is 3. The maximum absolute atomic E-state index is 12.9. The molecule has 0 saturated carbocycles. The van der Waals surface area contributed by atoms with Crippen molar-refractivity contribution in [3.63, 3.8) is 0 Å². The minimum Gasteiger partial charge on any atom is -0.493 e. The Bertz CT molecular complexity index is 1280. The Morgan fingerprint density at radius 2 is 1.76 bits per heavy atom. The molecule has 0 N–H and O–H groups in total. The highest BCUT2D eigenvalue weighted by Crippen LogP contribution is 2.40. The van der Waals surface area contributed by atoms with Gasteiger partial charge in [0.05, 0.1) is 33.1 Å². The van der Waals surface area contributed by atoms with Crippen molar-refractivity contribution < 1.29 is 19.1 Å². The van der Waals surface area contributed by atoms with Gasteiger partial charge >= 0.3 is 0 Å². The van der Waals surface area contributed by atoms with E-state index >= 15 is 0 Å². The van der Waals surface area contributed by atoms with Gasteiger partial charge in [0, 0.05) is 0 Å². The lowest BCUT2D eigenvalue weighted by Crippen LogP contribution is -2.27. The molecule has 0 unspecified atom stereocenters. The van der Waals surface area contributed by atoms with Crippen LogP contribution in [0.4, 0.5) is 4.79 Å². The van der Waals surface area contributed by atoms with Gasteiger partial charge in [-0.1, -0.05) is 59.6 Å². The van der Waals surface area contributed by atoms with Gasteiger partial charge < -0.3 is 9.47 Å². The Hall–Kier alpha value is -2.45. The van der Waals surface area contributed by atoms with Crippen molar-refractivity contribution in [2.24, 2.45) is 0 Å². The number of amides is 2. The number of carbonyl (C=O) groups excluding carboxylic acids is 2. The molecule has 0 atom stereocenters. The van der Waals surface area contributed by atoms with E-state index in [0.29, 0.717) is 48.7 Å². The minimum absolute atomic E-state index is 0.109. The highest BCUT2D eigenvalue weighted by atomic mass is 79.9. The SMILES string of the molecule is COc1cc(/C=C2/SC(=O)N(Cc3ccc(Cl)c(Cl)c3)C2=O)cc(Br)c1OCc1ccccc1. The number of rotatable bonds is 7. The number of nitrogens with zero attached hydrogens (tertiary/aromatic N) is 1. The van der Waals surface area contributed by atoms with Gasteiger partial charge in [-0.2, -0.15) is 0 Å². The summed E-state index contributed by atoms with van der Waals surface area (Å²) < 4.78 is 12.1. The van der Waals surface area contributed by atoms with Gasteiger partial charge in [0.25, 0.3) is 11.1 Å². The van der Waals surface area contributed by atoms with Crippen LogP contribution in [0.25, 0.3) is 6.08 Å². The topological polar surface area (TPSA) is 55.8 Å². The molecule has 3 aromatic carbocycles. The molecule has 0 bridgehead atoms. The second kappa shape index (κ2) is 10.9. The molecule has 1 saturated heterocycles. The Morgan fingerprint density at radius 3 is 2.47 bits per heavy atom. The summed E-state index contributed by atoms with van der Waals surface area (Å²) in [7, 11) is 1.55. The second-order valence-electron chi connectivity index (χ2n) is 7.32. The van der Waals surface area contributed by atoms with E-state index in [1.165, 1.54) is 4.90 Å². The first-order chi connectivity index (χ1) is 16.4. The molecule has 2 amide bonds. The third-order valence-corrected chi connectivity index (χ3v) is 7.21. The van der Waals surface area contributed by atoms with Gasteiger partial charge in [0.2, 0.25) is 0 Å². The minimum atomic E-state index is -0.374. The lowest BCUT2D eigenvalue weighted by Gasteiger charge is -2.14. The molecular weight excluding hydrogens is 561 g/mol. The standard InChI is InChI=1S/C25H18BrCl2NO4S/c1-32-21-11-17(9-18(26)23(21)33-14-15-5-3-2-4-6-15)12-22-24(30)29(25(31)34-22)13-16-7-8-19(27)20(28)10-16/h2-12H,13-14H2,1H3/b22-12+. The molecule has 1 aliphatic rings. The molecule has 9 heteroatoms. The molecule has 34 heavy (non-hydrogen) atoms. The molecule has 3 aromatic rings. The van der Waals surface area contributed by atoms with Crippen molar-refractivity contribution in [2.45, 2.75) is 13.2 Å². The van der Waals surface area contributed by atoms with Crippen molar-refractivity contribution in [1.82, 2.24) is 4.90 Å². The van der Waals surface area contributed by atoms with Crippen molar-refractivity contribution in [3.05, 3.63) is 96.8 Å². The summed E-state index contributed by atoms with van der Waals surface area (Å²) in [5.41, 5.74) is 2.43. The van der Waals surface area contributed by atoms with Crippen LogP contribution in [0.15, 0.2) is 70.0 Å². The molecular formula is C25H18BrCl2NO4S. The maximum atomic E-state index is 12.9. The first kappa shape index (κ1) is 24.7. The zero-order valence-electron chi connectivity index (χ0n) is 17.9. The van der Waals surface area contributed by atoms with E-state index in [1.54, 1.807) is 37.5 Å². The Balaban J connectivity index is 1.53. The molecule has 1 fully saturated rings. The fraction of sp³-hybridized carbons (Fsp3) is 0.120. The van der Waals surface area contributed by atoms with Crippen molar-refractivity contribution >= 4 is 68.1 Å². The first-order valence-corrected chi connectivity index (χ1v) is 12.5. The molecule has 4 rings (SSSR count). The zero-order valence-corrected chi connectivity index (χ0v) is 21.8. The van der Waals surface area contributed by atoms with Crippen LogP contribution in [-0.4, -0.2) is 23.2 Å². The van der Waals surface area contributed by atoms with Crippen molar-refractivity contribution in [1.29, 1.82) is 0 Å². The number of carbonyl (C=O) groups is 2. The molecule has 1 aliphatic heterocycles. The average molecular weight is 579 g/mol. The summed E-state index contributed by atoms with van der Waals surface area (Å²) in [6, 6.07) is 18.4. The lowest BCUT2D eigenvalue weighted by atomic mass is 10.1. The lowest BCUT2D eigenvalue weighted by molar-refractivity contribution is -0.123. The molecule has 1 heterocycles. The molecule has 0 aromatic heterocycles. The van der Waals surface area contributed by atoms with E-state index in [0.717, 1.165) is 17.3 Å². The summed E-state index contributed by atoms with van der Waals surface area (Å²) in [6.07, 6.45) is 1.66. The predicted octanol–water partition coefficient (Wildman–Crippen LogP) is 7.58. The Kier molecular flexibility index (Phi) is 7.88. The van der Waals surface area contributed by atoms with E-state index < -0.39 is 0 Å². The van der Waals surface area contributed by atoms with Crippen LogP contribution in [0, 0.1) is 0 Å². The maximum Gasteiger partial charge on any atom is 0.293 e. The monoisotopic (exact) mass is 577 g/mol. The van der Waals surface area contributed by atoms with Crippen LogP contribution in [0.2, 0.25) is 10.0 Å². The van der Waals surface area contributed by atoms with Gasteiger partial charge in [-0.05, 0) is 74.7 Å². The molecule has 0 spiro atoms. The zero-order chi connectivity index (χ0) is 24.2. The quantitative estimate of drug-likeness (QED) is 0.270. The molecule has 174 valence electrons. The van der Waals surface area contributed by atoms with Crippen molar-refractivity contribution in [3.8, 4) is 11.5 Å². The van der Waals surface area contributed by atoms with Crippen LogP contribution < -0.4 is 9.47 Å². The second-order valence-corrected chi connectivity index (χ2v) is 9.99. The first-order valence-electron chi connectivity index (χ1n) is 10.1. The van der Waals surface area contributed by atoms with Gasteiger partial charge in [0.1, 0.15) is 6.61 Å². The molecule has 5 nitrogen and oxygen atoms in total. The van der Waals surface area contributed by atoms with E-state index in [9.17, 15) is 9.59 Å². The van der Waals surface area contributed by atoms with Gasteiger partial charge in [0.15, 0.2) is 11.5 Å². The number of hydrogen-bond acceptors (Lipinski definition) is 5. The van der Waals surface area contributed by atoms with E-state index in [1.807, 2.05) is 36.4 Å². The number of methoxy groups -OCH3 is 1. The average Bonchev–Trinajstić information content (AvgIpc) is 3.08. The number of imide groups is 1. The summed E-state index contributed by atoms with van der Waals surface area (Å²) in [5, 5.41) is 0.430. The smallest absolute Gasteiger partial charge is 0.293 e.